The first kappa shape index (κ1) is 28.8. The number of aromatic nitrogens is 4. The van der Waals surface area contributed by atoms with Gasteiger partial charge in [0.2, 0.25) is 5.28 Å². The normalized spacial score (nSPS) is 19.4. The van der Waals surface area contributed by atoms with E-state index in [1.54, 1.807) is 91.0 Å². The number of ether oxygens (including phenoxy) is 4. The molecule has 1 aliphatic rings. The van der Waals surface area contributed by atoms with Crippen molar-refractivity contribution >= 4 is 46.5 Å². The van der Waals surface area contributed by atoms with Crippen LogP contribution in [0, 0.1) is 0 Å². The topological polar surface area (TPSA) is 158 Å². The van der Waals surface area contributed by atoms with E-state index in [9.17, 15) is 14.4 Å². The minimum atomic E-state index is -1.26. The molecule has 0 radical (unpaired) electrons. The zero-order valence-corrected chi connectivity index (χ0v) is 23.6. The number of fused-ring (bicyclic) bond motifs is 1. The summed E-state index contributed by atoms with van der Waals surface area (Å²) in [6, 6.07) is 24.9. The number of carbonyl (C=O) groups is 3. The van der Waals surface area contributed by atoms with Crippen LogP contribution in [0.5, 0.6) is 0 Å². The Hall–Kier alpha value is -5.33. The van der Waals surface area contributed by atoms with Gasteiger partial charge in [0.05, 0.1) is 23.0 Å². The van der Waals surface area contributed by atoms with E-state index in [1.807, 2.05) is 0 Å². The molecule has 0 saturated carbocycles. The summed E-state index contributed by atoms with van der Waals surface area (Å²) in [6.45, 7) is -0.346. The highest BCUT2D eigenvalue weighted by Crippen LogP contribution is 2.37. The molecule has 12 nitrogen and oxygen atoms in total. The first-order valence-electron chi connectivity index (χ1n) is 13.4. The summed E-state index contributed by atoms with van der Waals surface area (Å²) in [5.41, 5.74) is 7.25. The molecule has 1 fully saturated rings. The van der Waals surface area contributed by atoms with E-state index in [4.69, 9.17) is 36.3 Å². The number of nitrogens with zero attached hydrogens (tertiary/aromatic N) is 4. The third kappa shape index (κ3) is 5.93. The summed E-state index contributed by atoms with van der Waals surface area (Å²) in [5.74, 6) is -2.01. The SMILES string of the molecule is Nc1nc(Cl)nc2c1ncn2[C@H]1O[C@H](COC(=O)c2ccccc2)C(OC(=O)c2ccccc2)[C@@H]1OC(=O)c1ccccc1. The van der Waals surface area contributed by atoms with Gasteiger partial charge in [0.15, 0.2) is 29.9 Å². The van der Waals surface area contributed by atoms with Gasteiger partial charge < -0.3 is 24.7 Å². The molecule has 0 aliphatic carbocycles. The molecular formula is C31H24ClN5O7. The van der Waals surface area contributed by atoms with Gasteiger partial charge in [-0.2, -0.15) is 9.97 Å². The largest absolute Gasteiger partial charge is 0.459 e. The number of hydrogen-bond donors (Lipinski definition) is 1. The lowest BCUT2D eigenvalue weighted by Gasteiger charge is -2.25. The number of esters is 3. The van der Waals surface area contributed by atoms with Gasteiger partial charge in [-0.15, -0.1) is 0 Å². The fraction of sp³-hybridized carbons (Fsp3) is 0.161. The molecule has 4 atom stereocenters. The van der Waals surface area contributed by atoms with Crippen LogP contribution >= 0.6 is 11.6 Å². The van der Waals surface area contributed by atoms with Crippen molar-refractivity contribution in [1.29, 1.82) is 0 Å². The van der Waals surface area contributed by atoms with E-state index in [0.29, 0.717) is 5.56 Å². The van der Waals surface area contributed by atoms with E-state index in [0.717, 1.165) is 0 Å². The third-order valence-corrected chi connectivity index (χ3v) is 7.04. The standard InChI is InChI=1S/C31H24ClN5O7/c32-31-35-25(33)22-26(36-31)37(17-34-22)27-24(44-30(40)20-14-8-3-9-15-20)23(43-29(39)19-12-6-2-7-13-19)21(42-27)16-41-28(38)18-10-4-1-5-11-18/h1-15,17,21,23-24,27H,16H2,(H2,33,35,36)/t21-,23?,24+,27+/m1/s1. The molecule has 1 aliphatic heterocycles. The highest BCUT2D eigenvalue weighted by Gasteiger charge is 2.52. The van der Waals surface area contributed by atoms with Crippen molar-refractivity contribution in [3.63, 3.8) is 0 Å². The smallest absolute Gasteiger partial charge is 0.338 e. The van der Waals surface area contributed by atoms with E-state index in [-0.39, 0.29) is 40.0 Å². The number of nitrogen functional groups attached to an aromatic ring is 1. The molecule has 1 unspecified atom stereocenters. The molecule has 2 aromatic heterocycles. The van der Waals surface area contributed by atoms with Gasteiger partial charge in [0.25, 0.3) is 0 Å². The zero-order chi connectivity index (χ0) is 30.6. The molecule has 5 aromatic rings. The van der Waals surface area contributed by atoms with Crippen molar-refractivity contribution in [2.24, 2.45) is 0 Å². The second-order valence-corrected chi connectivity index (χ2v) is 10.0. The van der Waals surface area contributed by atoms with E-state index >= 15 is 0 Å². The molecular weight excluding hydrogens is 590 g/mol. The highest BCUT2D eigenvalue weighted by molar-refractivity contribution is 6.28. The van der Waals surface area contributed by atoms with Crippen molar-refractivity contribution in [1.82, 2.24) is 19.5 Å². The monoisotopic (exact) mass is 613 g/mol. The minimum absolute atomic E-state index is 0.0231. The summed E-state index contributed by atoms with van der Waals surface area (Å²) >= 11 is 6.10. The quantitative estimate of drug-likeness (QED) is 0.151. The molecule has 1 saturated heterocycles. The number of hydrogen-bond acceptors (Lipinski definition) is 11. The molecule has 0 spiro atoms. The van der Waals surface area contributed by atoms with E-state index in [2.05, 4.69) is 15.0 Å². The molecule has 3 heterocycles. The number of nitrogens with two attached hydrogens (primary N) is 1. The second kappa shape index (κ2) is 12.5. The van der Waals surface area contributed by atoms with Crippen LogP contribution in [0.4, 0.5) is 5.82 Å². The van der Waals surface area contributed by atoms with Crippen LogP contribution in [0.2, 0.25) is 5.28 Å². The maximum atomic E-state index is 13.4. The lowest BCUT2D eigenvalue weighted by molar-refractivity contribution is -0.0606. The van der Waals surface area contributed by atoms with E-state index in [1.165, 1.54) is 10.9 Å². The van der Waals surface area contributed by atoms with Gasteiger partial charge in [-0.3, -0.25) is 4.57 Å². The Morgan fingerprint density at radius 2 is 1.30 bits per heavy atom. The number of carbonyl (C=O) groups excluding carboxylic acids is 3. The van der Waals surface area contributed by atoms with Crippen LogP contribution in [0.25, 0.3) is 11.2 Å². The average molecular weight is 614 g/mol. The lowest BCUT2D eigenvalue weighted by Crippen LogP contribution is -2.41. The number of halogens is 1. The number of imidazole rings is 1. The Labute approximate surface area is 255 Å². The fourth-order valence-corrected chi connectivity index (χ4v) is 4.95. The molecule has 2 N–H and O–H groups in total. The summed E-state index contributed by atoms with van der Waals surface area (Å²) in [5, 5.41) is -0.145. The average Bonchev–Trinajstić information content (AvgIpc) is 3.62. The Morgan fingerprint density at radius 1 is 0.773 bits per heavy atom. The Morgan fingerprint density at radius 3 is 1.86 bits per heavy atom. The molecule has 13 heteroatoms. The van der Waals surface area contributed by atoms with Gasteiger partial charge in [-0.05, 0) is 48.0 Å². The summed E-state index contributed by atoms with van der Waals surface area (Å²) in [6.07, 6.45) is -3.37. The molecule has 3 aromatic carbocycles. The van der Waals surface area contributed by atoms with Crippen molar-refractivity contribution in [3.05, 3.63) is 119 Å². The van der Waals surface area contributed by atoms with Gasteiger partial charge in [-0.1, -0.05) is 54.6 Å². The summed E-state index contributed by atoms with van der Waals surface area (Å²) in [4.78, 5) is 51.9. The summed E-state index contributed by atoms with van der Waals surface area (Å²) in [7, 11) is 0. The number of rotatable bonds is 8. The predicted molar refractivity (Wildman–Crippen MR) is 157 cm³/mol. The Bertz CT molecular complexity index is 1800. The first-order chi connectivity index (χ1) is 21.4. The van der Waals surface area contributed by atoms with Crippen molar-refractivity contribution in [2.75, 3.05) is 12.3 Å². The fourth-order valence-electron chi connectivity index (χ4n) is 4.78. The van der Waals surface area contributed by atoms with Gasteiger partial charge >= 0.3 is 17.9 Å². The minimum Gasteiger partial charge on any atom is -0.459 e. The molecule has 6 rings (SSSR count). The van der Waals surface area contributed by atoms with Crippen molar-refractivity contribution < 1.29 is 33.3 Å². The Balaban J connectivity index is 1.39. The first-order valence-corrected chi connectivity index (χ1v) is 13.8. The highest BCUT2D eigenvalue weighted by atomic mass is 35.5. The Kier molecular flexibility index (Phi) is 8.17. The maximum Gasteiger partial charge on any atom is 0.338 e. The maximum absolute atomic E-state index is 13.4. The van der Waals surface area contributed by atoms with Crippen molar-refractivity contribution in [3.8, 4) is 0 Å². The number of benzene rings is 3. The number of anilines is 1. The van der Waals surface area contributed by atoms with Crippen LogP contribution in [-0.2, 0) is 18.9 Å². The molecule has 0 amide bonds. The van der Waals surface area contributed by atoms with Gasteiger partial charge in [-0.25, -0.2) is 19.4 Å². The third-order valence-electron chi connectivity index (χ3n) is 6.87. The van der Waals surface area contributed by atoms with Crippen LogP contribution in [-0.4, -0.2) is 62.3 Å². The van der Waals surface area contributed by atoms with Crippen LogP contribution in [0.1, 0.15) is 37.3 Å². The van der Waals surface area contributed by atoms with Crippen molar-refractivity contribution in [2.45, 2.75) is 24.5 Å². The lowest BCUT2D eigenvalue weighted by atomic mass is 10.1. The predicted octanol–water partition coefficient (Wildman–Crippen LogP) is 4.27. The zero-order valence-electron chi connectivity index (χ0n) is 22.9. The van der Waals surface area contributed by atoms with Crippen LogP contribution in [0.3, 0.4) is 0 Å². The van der Waals surface area contributed by atoms with Crippen LogP contribution < -0.4 is 5.73 Å². The second-order valence-electron chi connectivity index (χ2n) is 9.70. The van der Waals surface area contributed by atoms with Gasteiger partial charge in [0, 0.05) is 0 Å². The van der Waals surface area contributed by atoms with Crippen LogP contribution in [0.15, 0.2) is 97.3 Å². The molecule has 44 heavy (non-hydrogen) atoms. The molecule has 222 valence electrons. The van der Waals surface area contributed by atoms with Gasteiger partial charge in [0.1, 0.15) is 18.2 Å². The summed E-state index contributed by atoms with van der Waals surface area (Å²) < 4.78 is 25.3. The molecule has 0 bridgehead atoms. The van der Waals surface area contributed by atoms with E-state index < -0.39 is 42.4 Å².